The van der Waals surface area contributed by atoms with Crippen molar-refractivity contribution in [2.24, 2.45) is 11.8 Å². The van der Waals surface area contributed by atoms with Crippen LogP contribution in [0.3, 0.4) is 0 Å². The summed E-state index contributed by atoms with van der Waals surface area (Å²) >= 11 is 0. The van der Waals surface area contributed by atoms with Crippen LogP contribution in [0, 0.1) is 11.8 Å². The second-order valence-electron chi connectivity index (χ2n) is 13.9. The van der Waals surface area contributed by atoms with Gasteiger partial charge in [-0.05, 0) is 70.2 Å². The summed E-state index contributed by atoms with van der Waals surface area (Å²) in [6.45, 7) is 2.10. The summed E-state index contributed by atoms with van der Waals surface area (Å²) in [7, 11) is 0. The molecular formula is C42H42N2O8. The number of ether oxygens (including phenoxy) is 2. The lowest BCUT2D eigenvalue weighted by Crippen LogP contribution is -2.42. The van der Waals surface area contributed by atoms with E-state index in [4.69, 9.17) is 9.47 Å². The van der Waals surface area contributed by atoms with Crippen molar-refractivity contribution in [1.29, 1.82) is 0 Å². The number of benzene rings is 4. The van der Waals surface area contributed by atoms with Crippen LogP contribution in [0.25, 0.3) is 22.3 Å². The summed E-state index contributed by atoms with van der Waals surface area (Å²) in [4.78, 5) is 50.3. The van der Waals surface area contributed by atoms with Gasteiger partial charge in [-0.2, -0.15) is 0 Å². The lowest BCUT2D eigenvalue weighted by atomic mass is 9.98. The zero-order valence-electron chi connectivity index (χ0n) is 28.9. The van der Waals surface area contributed by atoms with Crippen molar-refractivity contribution in [2.75, 3.05) is 39.4 Å². The van der Waals surface area contributed by atoms with Crippen LogP contribution in [0.4, 0.5) is 9.59 Å². The van der Waals surface area contributed by atoms with Gasteiger partial charge in [-0.15, -0.1) is 0 Å². The van der Waals surface area contributed by atoms with E-state index in [1.165, 1.54) is 54.3 Å². The van der Waals surface area contributed by atoms with E-state index in [1.807, 2.05) is 48.5 Å². The van der Waals surface area contributed by atoms with Crippen molar-refractivity contribution in [1.82, 2.24) is 9.80 Å². The number of carboxylic acid groups (broad SMARTS) is 2. The monoisotopic (exact) mass is 702 g/mol. The van der Waals surface area contributed by atoms with Gasteiger partial charge in [0.2, 0.25) is 0 Å². The number of piperidine rings is 2. The Bertz CT molecular complexity index is 1740. The van der Waals surface area contributed by atoms with Gasteiger partial charge in [0.25, 0.3) is 0 Å². The molecule has 4 aliphatic rings. The number of amides is 2. The molecule has 4 aromatic carbocycles. The molecule has 0 aromatic heterocycles. The van der Waals surface area contributed by atoms with Gasteiger partial charge in [0.1, 0.15) is 13.2 Å². The highest BCUT2D eigenvalue weighted by atomic mass is 16.6. The van der Waals surface area contributed by atoms with Gasteiger partial charge in [0.15, 0.2) is 0 Å². The number of carboxylic acids is 2. The highest BCUT2D eigenvalue weighted by Crippen LogP contribution is 2.45. The van der Waals surface area contributed by atoms with Crippen LogP contribution in [-0.2, 0) is 19.1 Å². The standard InChI is InChI=1S/2C21H21NO4/c2*23-20(24)14-6-5-11-22(12-14)21(25)26-13-19-17-9-3-1-7-15(17)16-8-2-4-10-18(16)19/h2*1-4,7-10,14,19H,5-6,11-13H2,(H,23,24)/t2*14-/m11/s1. The normalized spacial score (nSPS) is 18.9. The predicted molar refractivity (Wildman–Crippen MR) is 194 cm³/mol. The molecule has 2 heterocycles. The molecule has 52 heavy (non-hydrogen) atoms. The Labute approximate surface area is 302 Å². The van der Waals surface area contributed by atoms with Crippen LogP contribution in [0.2, 0.25) is 0 Å². The van der Waals surface area contributed by atoms with Crippen LogP contribution < -0.4 is 0 Å². The molecule has 2 N–H and O–H groups in total. The molecule has 0 saturated carbocycles. The van der Waals surface area contributed by atoms with Crippen molar-refractivity contribution in [3.8, 4) is 22.3 Å². The molecule has 0 bridgehead atoms. The van der Waals surface area contributed by atoms with Crippen molar-refractivity contribution in [3.05, 3.63) is 119 Å². The van der Waals surface area contributed by atoms with Crippen molar-refractivity contribution in [3.63, 3.8) is 0 Å². The predicted octanol–water partition coefficient (Wildman–Crippen LogP) is 7.46. The Balaban J connectivity index is 0.000000162. The van der Waals surface area contributed by atoms with E-state index >= 15 is 0 Å². The first-order valence-electron chi connectivity index (χ1n) is 18.0. The van der Waals surface area contributed by atoms with Gasteiger partial charge >= 0.3 is 24.1 Å². The van der Waals surface area contributed by atoms with Gasteiger partial charge < -0.3 is 29.5 Å². The fourth-order valence-electron chi connectivity index (χ4n) is 8.06. The SMILES string of the molecule is O=C(O)[C@@H]1CCCN(C(=O)OCC2c3ccccc3-c3ccccc32)C1.O=C(O)[C@@H]1CCCN(C(=O)OCC2c3ccccc3-c3ccccc32)C1. The largest absolute Gasteiger partial charge is 0.481 e. The minimum Gasteiger partial charge on any atom is -0.481 e. The van der Waals surface area contributed by atoms with Crippen molar-refractivity contribution >= 4 is 24.1 Å². The Morgan fingerprint density at radius 3 is 1.13 bits per heavy atom. The maximum Gasteiger partial charge on any atom is 0.409 e. The second kappa shape index (κ2) is 15.3. The van der Waals surface area contributed by atoms with Crippen LogP contribution in [0.5, 0.6) is 0 Å². The Kier molecular flexibility index (Phi) is 10.2. The number of hydrogen-bond acceptors (Lipinski definition) is 6. The first-order chi connectivity index (χ1) is 25.3. The number of nitrogens with zero attached hydrogens (tertiary/aromatic N) is 2. The minimum absolute atomic E-state index is 0.0198. The van der Waals surface area contributed by atoms with E-state index in [-0.39, 0.29) is 38.1 Å². The minimum atomic E-state index is -0.846. The molecule has 2 saturated heterocycles. The average molecular weight is 703 g/mol. The number of hydrogen-bond donors (Lipinski definition) is 2. The van der Waals surface area contributed by atoms with E-state index < -0.39 is 36.0 Å². The van der Waals surface area contributed by atoms with E-state index in [0.717, 1.165) is 0 Å². The molecule has 2 fully saturated rings. The summed E-state index contributed by atoms with van der Waals surface area (Å²) in [5, 5.41) is 18.4. The molecule has 0 spiro atoms. The van der Waals surface area contributed by atoms with Crippen molar-refractivity contribution < 1.29 is 38.9 Å². The first-order valence-corrected chi connectivity index (χ1v) is 18.0. The summed E-state index contributed by atoms with van der Waals surface area (Å²) in [5.41, 5.74) is 9.43. The van der Waals surface area contributed by atoms with Gasteiger partial charge in [0.05, 0.1) is 11.8 Å². The third-order valence-corrected chi connectivity index (χ3v) is 10.7. The van der Waals surface area contributed by atoms with Crippen LogP contribution >= 0.6 is 0 Å². The highest BCUT2D eigenvalue weighted by molar-refractivity contribution is 5.80. The van der Waals surface area contributed by atoms with E-state index in [1.54, 1.807) is 0 Å². The smallest absolute Gasteiger partial charge is 0.409 e. The molecule has 10 nitrogen and oxygen atoms in total. The number of fused-ring (bicyclic) bond motifs is 6. The quantitative estimate of drug-likeness (QED) is 0.212. The molecule has 0 unspecified atom stereocenters. The summed E-state index contributed by atoms with van der Waals surface area (Å²) in [6.07, 6.45) is 1.78. The summed E-state index contributed by atoms with van der Waals surface area (Å²) < 4.78 is 11.2. The number of carbonyl (C=O) groups is 4. The molecule has 2 aliphatic heterocycles. The lowest BCUT2D eigenvalue weighted by molar-refractivity contribution is -0.144. The summed E-state index contributed by atoms with van der Waals surface area (Å²) in [6, 6.07) is 32.8. The van der Waals surface area contributed by atoms with Gasteiger partial charge in [-0.25, -0.2) is 9.59 Å². The average Bonchev–Trinajstić information content (AvgIpc) is 3.68. The Morgan fingerprint density at radius 2 is 0.827 bits per heavy atom. The van der Waals surface area contributed by atoms with E-state index in [0.29, 0.717) is 38.8 Å². The van der Waals surface area contributed by atoms with E-state index in [2.05, 4.69) is 48.5 Å². The third-order valence-electron chi connectivity index (χ3n) is 10.7. The number of aliphatic carboxylic acids is 2. The fraction of sp³-hybridized carbons (Fsp3) is 0.333. The molecular weight excluding hydrogens is 660 g/mol. The molecule has 10 heteroatoms. The molecule has 4 aromatic rings. The third kappa shape index (κ3) is 7.10. The zero-order valence-corrected chi connectivity index (χ0v) is 28.9. The van der Waals surface area contributed by atoms with E-state index in [9.17, 15) is 29.4 Å². The zero-order chi connectivity index (χ0) is 36.2. The first kappa shape index (κ1) is 34.8. The van der Waals surface area contributed by atoms with Crippen LogP contribution in [0.15, 0.2) is 97.1 Å². The van der Waals surface area contributed by atoms with Crippen LogP contribution in [0.1, 0.15) is 59.8 Å². The molecule has 0 radical (unpaired) electrons. The number of carbonyl (C=O) groups excluding carboxylic acids is 2. The van der Waals surface area contributed by atoms with Gasteiger partial charge in [-0.1, -0.05) is 97.1 Å². The molecule has 8 rings (SSSR count). The molecule has 268 valence electrons. The number of likely N-dealkylation sites (tertiary alicyclic amines) is 2. The van der Waals surface area contributed by atoms with Gasteiger partial charge in [0, 0.05) is 38.0 Å². The molecule has 2 aliphatic carbocycles. The second-order valence-corrected chi connectivity index (χ2v) is 13.9. The maximum atomic E-state index is 12.5. The molecule has 2 amide bonds. The number of rotatable bonds is 6. The molecule has 2 atom stereocenters. The Hall–Kier alpha value is -5.64. The van der Waals surface area contributed by atoms with Crippen molar-refractivity contribution in [2.45, 2.75) is 37.5 Å². The Morgan fingerprint density at radius 1 is 0.519 bits per heavy atom. The van der Waals surface area contributed by atoms with Crippen LogP contribution in [-0.4, -0.2) is 83.5 Å². The highest BCUT2D eigenvalue weighted by Gasteiger charge is 2.34. The van der Waals surface area contributed by atoms with Gasteiger partial charge in [-0.3, -0.25) is 9.59 Å². The fourth-order valence-corrected chi connectivity index (χ4v) is 8.06. The maximum absolute atomic E-state index is 12.5. The topological polar surface area (TPSA) is 134 Å². The lowest BCUT2D eigenvalue weighted by Gasteiger charge is -2.30. The summed E-state index contributed by atoms with van der Waals surface area (Å²) in [5.74, 6) is -2.64.